The number of rotatable bonds is 7. The van der Waals surface area contributed by atoms with E-state index in [1.165, 1.54) is 24.0 Å². The summed E-state index contributed by atoms with van der Waals surface area (Å²) >= 11 is 0. The predicted molar refractivity (Wildman–Crippen MR) is 78.1 cm³/mol. The Kier molecular flexibility index (Phi) is 4.43. The molecule has 0 aromatic heterocycles. The zero-order valence-corrected chi connectivity index (χ0v) is 11.8. The van der Waals surface area contributed by atoms with Gasteiger partial charge in [-0.15, -0.1) is 0 Å². The van der Waals surface area contributed by atoms with E-state index in [9.17, 15) is 4.79 Å². The van der Waals surface area contributed by atoms with E-state index in [1.807, 2.05) is 11.8 Å². The van der Waals surface area contributed by atoms with Crippen molar-refractivity contribution in [1.29, 1.82) is 0 Å². The van der Waals surface area contributed by atoms with Crippen LogP contribution in [0, 0.1) is 6.92 Å². The zero-order valence-electron chi connectivity index (χ0n) is 11.8. The molecule has 4 heteroatoms. The van der Waals surface area contributed by atoms with Gasteiger partial charge in [-0.25, -0.2) is 0 Å². The molecule has 0 aliphatic heterocycles. The number of amides is 1. The number of carbonyl (C=O) groups is 1. The van der Waals surface area contributed by atoms with Gasteiger partial charge in [0.2, 0.25) is 5.91 Å². The number of hydrogen-bond acceptors (Lipinski definition) is 3. The van der Waals surface area contributed by atoms with Gasteiger partial charge in [0, 0.05) is 24.8 Å². The van der Waals surface area contributed by atoms with Crippen LogP contribution in [0.3, 0.4) is 0 Å². The molecule has 2 rings (SSSR count). The Morgan fingerprint density at radius 2 is 2.21 bits per heavy atom. The predicted octanol–water partition coefficient (Wildman–Crippen LogP) is 1.56. The molecule has 0 unspecified atom stereocenters. The fourth-order valence-electron chi connectivity index (χ4n) is 2.19. The summed E-state index contributed by atoms with van der Waals surface area (Å²) < 4.78 is 0. The average molecular weight is 261 g/mol. The average Bonchev–Trinajstić information content (AvgIpc) is 3.18. The largest absolute Gasteiger partial charge is 0.368 e. The van der Waals surface area contributed by atoms with E-state index in [2.05, 4.69) is 30.4 Å². The first-order chi connectivity index (χ1) is 9.10. The Hall–Kier alpha value is -1.55. The maximum Gasteiger partial charge on any atom is 0.236 e. The standard InChI is InChI=1S/C15H23N3O/c1-3-18(10-15(16)19)14-7-4-12(11(2)8-14)9-17-13-5-6-13/h4,7-8,13,17H,3,5-6,9-10H2,1-2H3,(H2,16,19). The van der Waals surface area contributed by atoms with Crippen LogP contribution in [-0.2, 0) is 11.3 Å². The third kappa shape index (κ3) is 3.96. The van der Waals surface area contributed by atoms with Gasteiger partial charge in [-0.2, -0.15) is 0 Å². The van der Waals surface area contributed by atoms with Gasteiger partial charge in [0.1, 0.15) is 0 Å². The summed E-state index contributed by atoms with van der Waals surface area (Å²) in [6, 6.07) is 7.07. The maximum atomic E-state index is 11.0. The Balaban J connectivity index is 2.04. The number of nitrogens with zero attached hydrogens (tertiary/aromatic N) is 1. The molecular weight excluding hydrogens is 238 g/mol. The molecule has 4 nitrogen and oxygen atoms in total. The van der Waals surface area contributed by atoms with Crippen molar-refractivity contribution in [2.45, 2.75) is 39.3 Å². The molecule has 1 aromatic carbocycles. The van der Waals surface area contributed by atoms with Gasteiger partial charge < -0.3 is 16.0 Å². The van der Waals surface area contributed by atoms with Crippen molar-refractivity contribution >= 4 is 11.6 Å². The van der Waals surface area contributed by atoms with Crippen LogP contribution in [-0.4, -0.2) is 25.0 Å². The first-order valence-corrected chi connectivity index (χ1v) is 6.96. The molecule has 1 aliphatic rings. The summed E-state index contributed by atoms with van der Waals surface area (Å²) in [6.07, 6.45) is 2.61. The number of hydrogen-bond donors (Lipinski definition) is 2. The Morgan fingerprint density at radius 1 is 1.47 bits per heavy atom. The number of anilines is 1. The van der Waals surface area contributed by atoms with Crippen LogP contribution < -0.4 is 16.0 Å². The zero-order chi connectivity index (χ0) is 13.8. The van der Waals surface area contributed by atoms with Crippen molar-refractivity contribution in [3.8, 4) is 0 Å². The number of carbonyl (C=O) groups excluding carboxylic acids is 1. The molecule has 0 atom stereocenters. The summed E-state index contributed by atoms with van der Waals surface area (Å²) in [5.74, 6) is -0.293. The van der Waals surface area contributed by atoms with Crippen molar-refractivity contribution in [3.05, 3.63) is 29.3 Å². The highest BCUT2D eigenvalue weighted by atomic mass is 16.1. The van der Waals surface area contributed by atoms with Gasteiger partial charge in [0.05, 0.1) is 6.54 Å². The lowest BCUT2D eigenvalue weighted by Crippen LogP contribution is -2.33. The van der Waals surface area contributed by atoms with Crippen LogP contribution in [0.2, 0.25) is 0 Å². The normalized spacial score (nSPS) is 14.4. The van der Waals surface area contributed by atoms with Gasteiger partial charge in [-0.1, -0.05) is 6.07 Å². The number of nitrogens with one attached hydrogen (secondary N) is 1. The third-order valence-electron chi connectivity index (χ3n) is 3.58. The number of nitrogens with two attached hydrogens (primary N) is 1. The lowest BCUT2D eigenvalue weighted by molar-refractivity contribution is -0.116. The lowest BCUT2D eigenvalue weighted by atomic mass is 10.1. The van der Waals surface area contributed by atoms with E-state index in [-0.39, 0.29) is 12.5 Å². The minimum Gasteiger partial charge on any atom is -0.368 e. The molecule has 0 radical (unpaired) electrons. The number of benzene rings is 1. The molecule has 19 heavy (non-hydrogen) atoms. The second-order valence-corrected chi connectivity index (χ2v) is 5.25. The SMILES string of the molecule is CCN(CC(N)=O)c1ccc(CNC2CC2)c(C)c1. The molecule has 1 amide bonds. The van der Waals surface area contributed by atoms with Gasteiger partial charge in [-0.3, -0.25) is 4.79 Å². The van der Waals surface area contributed by atoms with E-state index >= 15 is 0 Å². The minimum absolute atomic E-state index is 0.273. The highest BCUT2D eigenvalue weighted by molar-refractivity contribution is 5.79. The van der Waals surface area contributed by atoms with E-state index in [4.69, 9.17) is 5.73 Å². The Bertz CT molecular complexity index is 455. The molecule has 1 aromatic rings. The van der Waals surface area contributed by atoms with Crippen LogP contribution in [0.1, 0.15) is 30.9 Å². The van der Waals surface area contributed by atoms with E-state index in [0.29, 0.717) is 0 Å². The Labute approximate surface area is 115 Å². The van der Waals surface area contributed by atoms with Crippen LogP contribution in [0.15, 0.2) is 18.2 Å². The Morgan fingerprint density at radius 3 is 2.74 bits per heavy atom. The van der Waals surface area contributed by atoms with Crippen molar-refractivity contribution in [2.24, 2.45) is 5.73 Å². The van der Waals surface area contributed by atoms with Gasteiger partial charge in [-0.05, 0) is 49.9 Å². The molecule has 0 heterocycles. The summed E-state index contributed by atoms with van der Waals surface area (Å²) in [5, 5.41) is 3.52. The summed E-state index contributed by atoms with van der Waals surface area (Å²) in [4.78, 5) is 13.0. The van der Waals surface area contributed by atoms with Gasteiger partial charge in [0.15, 0.2) is 0 Å². The smallest absolute Gasteiger partial charge is 0.236 e. The van der Waals surface area contributed by atoms with E-state index in [0.717, 1.165) is 24.8 Å². The maximum absolute atomic E-state index is 11.0. The monoisotopic (exact) mass is 261 g/mol. The van der Waals surface area contributed by atoms with Crippen LogP contribution in [0.5, 0.6) is 0 Å². The van der Waals surface area contributed by atoms with Crippen molar-refractivity contribution in [1.82, 2.24) is 5.32 Å². The molecule has 1 fully saturated rings. The summed E-state index contributed by atoms with van der Waals surface area (Å²) in [7, 11) is 0. The van der Waals surface area contributed by atoms with Crippen LogP contribution in [0.25, 0.3) is 0 Å². The molecule has 1 aliphatic carbocycles. The minimum atomic E-state index is -0.293. The number of aryl methyl sites for hydroxylation is 1. The van der Waals surface area contributed by atoms with Gasteiger partial charge in [0.25, 0.3) is 0 Å². The molecule has 0 spiro atoms. The number of likely N-dealkylation sites (N-methyl/N-ethyl adjacent to an activating group) is 1. The van der Waals surface area contributed by atoms with E-state index < -0.39 is 0 Å². The molecule has 104 valence electrons. The lowest BCUT2D eigenvalue weighted by Gasteiger charge is -2.22. The summed E-state index contributed by atoms with van der Waals surface area (Å²) in [6.45, 7) is 6.13. The van der Waals surface area contributed by atoms with Crippen molar-refractivity contribution in [3.63, 3.8) is 0 Å². The van der Waals surface area contributed by atoms with Crippen molar-refractivity contribution in [2.75, 3.05) is 18.0 Å². The van der Waals surface area contributed by atoms with E-state index in [1.54, 1.807) is 0 Å². The second-order valence-electron chi connectivity index (χ2n) is 5.25. The topological polar surface area (TPSA) is 58.4 Å². The molecular formula is C15H23N3O. The molecule has 1 saturated carbocycles. The molecule has 0 saturated heterocycles. The summed E-state index contributed by atoms with van der Waals surface area (Å²) in [5.41, 5.74) is 8.92. The van der Waals surface area contributed by atoms with Crippen LogP contribution >= 0.6 is 0 Å². The van der Waals surface area contributed by atoms with Crippen LogP contribution in [0.4, 0.5) is 5.69 Å². The van der Waals surface area contributed by atoms with Gasteiger partial charge >= 0.3 is 0 Å². The molecule has 0 bridgehead atoms. The first kappa shape index (κ1) is 13.9. The first-order valence-electron chi connectivity index (χ1n) is 6.96. The molecule has 3 N–H and O–H groups in total. The highest BCUT2D eigenvalue weighted by Gasteiger charge is 2.20. The number of primary amides is 1. The van der Waals surface area contributed by atoms with Crippen molar-refractivity contribution < 1.29 is 4.79 Å². The quantitative estimate of drug-likeness (QED) is 0.783. The fraction of sp³-hybridized carbons (Fsp3) is 0.533. The second kappa shape index (κ2) is 6.06. The third-order valence-corrected chi connectivity index (χ3v) is 3.58. The highest BCUT2D eigenvalue weighted by Crippen LogP contribution is 2.22. The fourth-order valence-corrected chi connectivity index (χ4v) is 2.19.